The number of carbonyl (C=O) groups is 1. The van der Waals surface area contributed by atoms with Gasteiger partial charge in [-0.05, 0) is 50.0 Å². The zero-order valence-corrected chi connectivity index (χ0v) is 24.4. The first-order valence-electron chi connectivity index (χ1n) is 14.9. The molecular weight excluding hydrogens is 545 g/mol. The maximum absolute atomic E-state index is 14.2. The Morgan fingerprint density at radius 3 is 2.67 bits per heavy atom. The van der Waals surface area contributed by atoms with Gasteiger partial charge in [-0.25, -0.2) is 0 Å². The van der Waals surface area contributed by atoms with Gasteiger partial charge in [0.05, 0.1) is 31.3 Å². The smallest absolute Gasteiger partial charge is 0.421 e. The summed E-state index contributed by atoms with van der Waals surface area (Å²) in [5, 5.41) is 14.1. The molecule has 3 unspecified atom stereocenters. The number of rotatable bonds is 7. The standard InChI is InChI=1S/C33H39F3N2O4/c1-5-15-38(20(2)3)16-14-31-23-12-9-13-27(31)42-29-28(31)22(18-25(23)38)26(39)19-32(29,41-4)37-30(40)24(33(34,35)36)17-21-10-7-6-8-11-21/h5-8,10-11,17,19-20,23,25,27,29H,1,9,12-16,18H2,2-4H3,(H-,37,39,40)/p+1/t23-,25+,27-,29?,31+,32?,38?/m0/s1. The zero-order chi connectivity index (χ0) is 30.1. The van der Waals surface area contributed by atoms with Gasteiger partial charge in [0, 0.05) is 42.9 Å². The lowest BCUT2D eigenvalue weighted by atomic mass is 9.49. The molecule has 1 aromatic carbocycles. The first-order valence-corrected chi connectivity index (χ1v) is 14.9. The van der Waals surface area contributed by atoms with Crippen LogP contribution in [0.15, 0.2) is 71.5 Å². The van der Waals surface area contributed by atoms with Gasteiger partial charge in [0.1, 0.15) is 17.4 Å². The van der Waals surface area contributed by atoms with Crippen molar-refractivity contribution in [3.05, 3.63) is 77.1 Å². The van der Waals surface area contributed by atoms with Crippen molar-refractivity contribution in [2.24, 2.45) is 11.3 Å². The number of hydrogen-bond acceptors (Lipinski definition) is 4. The number of likely N-dealkylation sites (tertiary alicyclic amines) is 1. The van der Waals surface area contributed by atoms with E-state index in [4.69, 9.17) is 9.47 Å². The zero-order valence-electron chi connectivity index (χ0n) is 24.4. The summed E-state index contributed by atoms with van der Waals surface area (Å²) in [6.45, 7) is 10.3. The summed E-state index contributed by atoms with van der Waals surface area (Å²) in [7, 11) is 1.33. The normalized spacial score (nSPS) is 37.3. The molecule has 0 aromatic heterocycles. The van der Waals surface area contributed by atoms with Crippen LogP contribution in [-0.2, 0) is 14.3 Å². The Morgan fingerprint density at radius 1 is 1.29 bits per heavy atom. The van der Waals surface area contributed by atoms with Crippen LogP contribution >= 0.6 is 0 Å². The lowest BCUT2D eigenvalue weighted by Gasteiger charge is -2.64. The molecule has 2 heterocycles. The number of alkyl halides is 3. The topological polar surface area (TPSA) is 67.8 Å². The Morgan fingerprint density at radius 2 is 2.02 bits per heavy atom. The molecule has 3 aliphatic carbocycles. The molecule has 3 fully saturated rings. The number of aliphatic hydroxyl groups is 1. The van der Waals surface area contributed by atoms with Crippen molar-refractivity contribution in [3.63, 3.8) is 0 Å². The van der Waals surface area contributed by atoms with E-state index in [2.05, 4.69) is 25.7 Å². The van der Waals surface area contributed by atoms with Crippen molar-refractivity contribution >= 4 is 12.0 Å². The summed E-state index contributed by atoms with van der Waals surface area (Å²) >= 11 is 0. The molecule has 6 nitrogen and oxygen atoms in total. The maximum atomic E-state index is 14.2. The van der Waals surface area contributed by atoms with E-state index in [1.165, 1.54) is 25.3 Å². The predicted octanol–water partition coefficient (Wildman–Crippen LogP) is 5.98. The first-order chi connectivity index (χ1) is 19.9. The molecule has 5 aliphatic rings. The average Bonchev–Trinajstić information content (AvgIpc) is 3.29. The minimum atomic E-state index is -4.92. The minimum Gasteiger partial charge on any atom is -0.508 e. The first kappa shape index (κ1) is 29.2. The molecule has 2 N–H and O–H groups in total. The Kier molecular flexibility index (Phi) is 7.02. The SMILES string of the molecule is C=CC[N+]1(C(C)C)CC[C@@]23C4=C5C[C@@H]1[C@@H]2CCC[C@@H]3OC4C(NC(=O)C(=Cc1ccccc1)C(F)(F)F)(OC)C=C5O. The highest BCUT2D eigenvalue weighted by Gasteiger charge is 2.72. The number of piperidine rings is 1. The van der Waals surface area contributed by atoms with E-state index >= 15 is 0 Å². The molecule has 6 rings (SSSR count). The van der Waals surface area contributed by atoms with Crippen LogP contribution in [0.25, 0.3) is 6.08 Å². The fourth-order valence-corrected chi connectivity index (χ4v) is 9.13. The molecule has 2 saturated heterocycles. The Labute approximate surface area is 245 Å². The van der Waals surface area contributed by atoms with E-state index in [-0.39, 0.29) is 34.8 Å². The number of nitrogens with one attached hydrogen (secondary N) is 1. The minimum absolute atomic E-state index is 0.0518. The van der Waals surface area contributed by atoms with E-state index in [0.29, 0.717) is 12.5 Å². The quantitative estimate of drug-likeness (QED) is 0.179. The summed E-state index contributed by atoms with van der Waals surface area (Å²) in [4.78, 5) is 13.5. The van der Waals surface area contributed by atoms with E-state index in [1.54, 1.807) is 18.2 Å². The van der Waals surface area contributed by atoms with Crippen molar-refractivity contribution in [1.29, 1.82) is 0 Å². The van der Waals surface area contributed by atoms with Crippen LogP contribution in [0, 0.1) is 11.3 Å². The summed E-state index contributed by atoms with van der Waals surface area (Å²) in [6, 6.07) is 8.52. The summed E-state index contributed by atoms with van der Waals surface area (Å²) < 4.78 is 56.2. The second kappa shape index (κ2) is 10.1. The fourth-order valence-electron chi connectivity index (χ4n) is 9.13. The molecule has 2 bridgehead atoms. The van der Waals surface area contributed by atoms with Crippen LogP contribution in [0.3, 0.4) is 0 Å². The Bertz CT molecular complexity index is 1370. The number of benzene rings is 1. The Balaban J connectivity index is 1.44. The number of halogens is 3. The third-order valence-electron chi connectivity index (χ3n) is 10.9. The van der Waals surface area contributed by atoms with Crippen LogP contribution in [0.1, 0.15) is 51.5 Å². The molecular formula is C33H40F3N2O4+. The molecule has 1 spiro atoms. The number of hydrogen-bond donors (Lipinski definition) is 2. The lowest BCUT2D eigenvalue weighted by Crippen LogP contribution is -2.72. The number of ether oxygens (including phenoxy) is 2. The van der Waals surface area contributed by atoms with Crippen LogP contribution in [-0.4, -0.2) is 71.9 Å². The monoisotopic (exact) mass is 585 g/mol. The van der Waals surface area contributed by atoms with Crippen LogP contribution in [0.2, 0.25) is 0 Å². The fraction of sp³-hybridized carbons (Fsp3) is 0.545. The number of aliphatic hydroxyl groups excluding tert-OH is 1. The second-order valence-corrected chi connectivity index (χ2v) is 12.8. The van der Waals surface area contributed by atoms with Crippen LogP contribution in [0.4, 0.5) is 13.2 Å². The number of quaternary nitrogens is 1. The van der Waals surface area contributed by atoms with Gasteiger partial charge in [-0.3, -0.25) is 4.79 Å². The van der Waals surface area contributed by atoms with Gasteiger partial charge >= 0.3 is 6.18 Å². The third kappa shape index (κ3) is 4.07. The van der Waals surface area contributed by atoms with Gasteiger partial charge < -0.3 is 24.4 Å². The highest BCUT2D eigenvalue weighted by Crippen LogP contribution is 2.68. The van der Waals surface area contributed by atoms with Gasteiger partial charge in [-0.15, -0.1) is 0 Å². The molecule has 7 atom stereocenters. The van der Waals surface area contributed by atoms with Crippen molar-refractivity contribution in [2.75, 3.05) is 20.2 Å². The number of amides is 1. The number of methoxy groups -OCH3 is 1. The molecule has 2 aliphatic heterocycles. The summed E-state index contributed by atoms with van der Waals surface area (Å²) in [5.41, 5.74) is -1.55. The predicted molar refractivity (Wildman–Crippen MR) is 153 cm³/mol. The van der Waals surface area contributed by atoms with Crippen molar-refractivity contribution in [1.82, 2.24) is 5.32 Å². The molecule has 1 amide bonds. The van der Waals surface area contributed by atoms with Gasteiger partial charge in [-0.2, -0.15) is 13.2 Å². The van der Waals surface area contributed by atoms with Gasteiger partial charge in [0.15, 0.2) is 5.72 Å². The van der Waals surface area contributed by atoms with Crippen LogP contribution in [0.5, 0.6) is 0 Å². The molecule has 0 radical (unpaired) electrons. The number of nitrogens with zero attached hydrogens (tertiary/aromatic N) is 1. The molecule has 42 heavy (non-hydrogen) atoms. The summed E-state index contributed by atoms with van der Waals surface area (Å²) in [5.74, 6) is -1.10. The highest BCUT2D eigenvalue weighted by atomic mass is 19.4. The number of allylic oxidation sites excluding steroid dienone is 1. The summed E-state index contributed by atoms with van der Waals surface area (Å²) in [6.07, 6.45) is 2.55. The molecule has 226 valence electrons. The largest absolute Gasteiger partial charge is 0.508 e. The lowest BCUT2D eigenvalue weighted by molar-refractivity contribution is -0.976. The van der Waals surface area contributed by atoms with E-state index in [0.717, 1.165) is 60.5 Å². The van der Waals surface area contributed by atoms with E-state index in [1.807, 2.05) is 6.08 Å². The van der Waals surface area contributed by atoms with Crippen molar-refractivity contribution in [2.45, 2.75) is 82.1 Å². The van der Waals surface area contributed by atoms with E-state index in [9.17, 15) is 23.1 Å². The van der Waals surface area contributed by atoms with Gasteiger partial charge in [0.2, 0.25) is 0 Å². The highest BCUT2D eigenvalue weighted by molar-refractivity contribution is 5.99. The van der Waals surface area contributed by atoms with E-state index < -0.39 is 29.5 Å². The number of carbonyl (C=O) groups excluding carboxylic acids is 1. The van der Waals surface area contributed by atoms with Crippen molar-refractivity contribution in [3.8, 4) is 0 Å². The van der Waals surface area contributed by atoms with Gasteiger partial charge in [-0.1, -0.05) is 43.3 Å². The van der Waals surface area contributed by atoms with Gasteiger partial charge in [0.25, 0.3) is 5.91 Å². The van der Waals surface area contributed by atoms with Crippen LogP contribution < -0.4 is 5.32 Å². The molecule has 1 aromatic rings. The Hall–Kier alpha value is -2.88. The third-order valence-corrected chi connectivity index (χ3v) is 10.9. The maximum Gasteiger partial charge on any atom is 0.421 e. The second-order valence-electron chi connectivity index (χ2n) is 12.8. The molecule has 9 heteroatoms. The average molecular weight is 586 g/mol. The van der Waals surface area contributed by atoms with Crippen molar-refractivity contribution < 1.29 is 37.0 Å². The molecule has 1 saturated carbocycles.